The highest BCUT2D eigenvalue weighted by atomic mass is 19.1. The van der Waals surface area contributed by atoms with Crippen molar-refractivity contribution in [1.82, 2.24) is 0 Å². The van der Waals surface area contributed by atoms with Crippen LogP contribution >= 0.6 is 0 Å². The molecule has 0 bridgehead atoms. The number of nitrogens with zero attached hydrogens (tertiary/aromatic N) is 2. The van der Waals surface area contributed by atoms with Crippen LogP contribution < -0.4 is 14.5 Å². The van der Waals surface area contributed by atoms with Gasteiger partial charge < -0.3 is 9.64 Å². The fourth-order valence-electron chi connectivity index (χ4n) is 4.20. The molecule has 160 valence electrons. The number of imide groups is 1. The second-order valence-corrected chi connectivity index (χ2v) is 7.61. The molecule has 0 radical (unpaired) electrons. The summed E-state index contributed by atoms with van der Waals surface area (Å²) >= 11 is 0. The van der Waals surface area contributed by atoms with Gasteiger partial charge in [-0.1, -0.05) is 0 Å². The molecule has 0 spiro atoms. The van der Waals surface area contributed by atoms with Gasteiger partial charge in [0.1, 0.15) is 11.6 Å². The van der Waals surface area contributed by atoms with Gasteiger partial charge >= 0.3 is 0 Å². The molecule has 7 heteroatoms. The maximum Gasteiger partial charge on any atom is 0.266 e. The van der Waals surface area contributed by atoms with E-state index >= 15 is 0 Å². The van der Waals surface area contributed by atoms with Crippen molar-refractivity contribution >= 4 is 29.1 Å². The summed E-state index contributed by atoms with van der Waals surface area (Å²) < 4.78 is 18.9. The van der Waals surface area contributed by atoms with Gasteiger partial charge in [-0.05, 0) is 79.6 Å². The van der Waals surface area contributed by atoms with Crippen molar-refractivity contribution < 1.29 is 23.5 Å². The quantitative estimate of drug-likeness (QED) is 0.581. The Hall–Kier alpha value is -4.00. The lowest BCUT2D eigenvalue weighted by Gasteiger charge is -2.17. The molecule has 5 rings (SSSR count). The molecule has 3 aromatic rings. The number of carbonyl (C=O) groups excluding carboxylic acids is 3. The van der Waals surface area contributed by atoms with Crippen LogP contribution in [0.25, 0.3) is 0 Å². The number of amides is 3. The summed E-state index contributed by atoms with van der Waals surface area (Å²) in [5, 5.41) is 0. The molecule has 0 fully saturated rings. The SMILES string of the molecule is CCOc1ccc(N2C(=O)c3ccc(C(=O)N4CCc5cc(F)ccc54)cc3C2=O)cc1. The first-order chi connectivity index (χ1) is 15.5. The predicted molar refractivity (Wildman–Crippen MR) is 117 cm³/mol. The number of anilines is 2. The van der Waals surface area contributed by atoms with E-state index in [-0.39, 0.29) is 22.9 Å². The predicted octanol–water partition coefficient (Wildman–Crippen LogP) is 4.23. The van der Waals surface area contributed by atoms with Crippen LogP contribution in [-0.2, 0) is 6.42 Å². The monoisotopic (exact) mass is 430 g/mol. The zero-order valence-electron chi connectivity index (χ0n) is 17.3. The van der Waals surface area contributed by atoms with E-state index in [0.717, 1.165) is 10.5 Å². The number of benzene rings is 3. The number of hydrogen-bond acceptors (Lipinski definition) is 4. The molecule has 0 aromatic heterocycles. The van der Waals surface area contributed by atoms with Crippen LogP contribution in [0.3, 0.4) is 0 Å². The first-order valence-electron chi connectivity index (χ1n) is 10.3. The molecule has 32 heavy (non-hydrogen) atoms. The largest absolute Gasteiger partial charge is 0.494 e. The van der Waals surface area contributed by atoms with Gasteiger partial charge in [0.25, 0.3) is 17.7 Å². The molecule has 2 heterocycles. The lowest BCUT2D eigenvalue weighted by molar-refractivity contribution is 0.0925. The minimum Gasteiger partial charge on any atom is -0.494 e. The summed E-state index contributed by atoms with van der Waals surface area (Å²) in [6, 6.07) is 15.6. The van der Waals surface area contributed by atoms with E-state index in [1.165, 1.54) is 24.3 Å². The van der Waals surface area contributed by atoms with Gasteiger partial charge in [0.05, 0.1) is 23.4 Å². The van der Waals surface area contributed by atoms with E-state index in [9.17, 15) is 18.8 Å². The van der Waals surface area contributed by atoms with Crippen molar-refractivity contribution in [1.29, 1.82) is 0 Å². The van der Waals surface area contributed by atoms with Gasteiger partial charge in [0, 0.05) is 17.8 Å². The highest BCUT2D eigenvalue weighted by molar-refractivity contribution is 6.34. The lowest BCUT2D eigenvalue weighted by atomic mass is 10.0. The maximum absolute atomic E-state index is 13.5. The Bertz CT molecular complexity index is 1270. The van der Waals surface area contributed by atoms with Crippen LogP contribution in [0.5, 0.6) is 5.75 Å². The molecule has 2 aliphatic rings. The Morgan fingerprint density at radius 3 is 2.47 bits per heavy atom. The molecule has 3 amide bonds. The summed E-state index contributed by atoms with van der Waals surface area (Å²) in [6.07, 6.45) is 0.562. The second-order valence-electron chi connectivity index (χ2n) is 7.61. The van der Waals surface area contributed by atoms with Gasteiger partial charge in [-0.3, -0.25) is 14.4 Å². The van der Waals surface area contributed by atoms with E-state index in [4.69, 9.17) is 4.74 Å². The average molecular weight is 430 g/mol. The summed E-state index contributed by atoms with van der Waals surface area (Å²) in [4.78, 5) is 41.8. The molecule has 3 aromatic carbocycles. The van der Waals surface area contributed by atoms with Crippen LogP contribution in [-0.4, -0.2) is 30.9 Å². The molecular weight excluding hydrogens is 411 g/mol. The zero-order chi connectivity index (χ0) is 22.4. The summed E-state index contributed by atoms with van der Waals surface area (Å²) in [5.41, 5.74) is 2.61. The Morgan fingerprint density at radius 2 is 1.72 bits per heavy atom. The Kier molecular flexibility index (Phi) is 4.74. The van der Waals surface area contributed by atoms with Crippen molar-refractivity contribution in [3.8, 4) is 5.75 Å². The van der Waals surface area contributed by atoms with E-state index in [1.54, 1.807) is 41.3 Å². The van der Waals surface area contributed by atoms with Gasteiger partial charge in [-0.25, -0.2) is 9.29 Å². The number of carbonyl (C=O) groups is 3. The average Bonchev–Trinajstić information content (AvgIpc) is 3.32. The maximum atomic E-state index is 13.5. The van der Waals surface area contributed by atoms with E-state index < -0.39 is 11.8 Å². The number of fused-ring (bicyclic) bond motifs is 2. The molecule has 0 N–H and O–H groups in total. The van der Waals surface area contributed by atoms with Crippen molar-refractivity contribution in [3.05, 3.63) is 88.7 Å². The topological polar surface area (TPSA) is 66.9 Å². The number of ether oxygens (including phenoxy) is 1. The van der Waals surface area contributed by atoms with Crippen molar-refractivity contribution in [2.45, 2.75) is 13.3 Å². The fourth-order valence-corrected chi connectivity index (χ4v) is 4.20. The molecule has 0 saturated heterocycles. The summed E-state index contributed by atoms with van der Waals surface area (Å²) in [5.74, 6) is -0.902. The smallest absolute Gasteiger partial charge is 0.266 e. The standard InChI is InChI=1S/C25H19FN2O4/c1-2-32-19-7-5-18(6-8-19)28-24(30)20-9-3-16(14-21(20)25(28)31)23(29)27-12-11-15-13-17(26)4-10-22(15)27/h3-10,13-14H,2,11-12H2,1H3. The minimum absolute atomic E-state index is 0.188. The third kappa shape index (κ3) is 3.13. The normalized spacial score (nSPS) is 14.6. The van der Waals surface area contributed by atoms with Crippen LogP contribution in [0.4, 0.5) is 15.8 Å². The van der Waals surface area contributed by atoms with Gasteiger partial charge in [-0.2, -0.15) is 0 Å². The first kappa shape index (κ1) is 19.9. The van der Waals surface area contributed by atoms with Crippen LogP contribution in [0, 0.1) is 5.82 Å². The Labute approximate surface area is 183 Å². The van der Waals surface area contributed by atoms with Crippen molar-refractivity contribution in [2.24, 2.45) is 0 Å². The third-order valence-electron chi connectivity index (χ3n) is 5.72. The van der Waals surface area contributed by atoms with E-state index in [2.05, 4.69) is 0 Å². The molecule has 0 saturated carbocycles. The van der Waals surface area contributed by atoms with Crippen molar-refractivity contribution in [3.63, 3.8) is 0 Å². The minimum atomic E-state index is -0.479. The highest BCUT2D eigenvalue weighted by Crippen LogP contribution is 2.33. The van der Waals surface area contributed by atoms with Gasteiger partial charge in [0.2, 0.25) is 0 Å². The number of halogens is 1. The van der Waals surface area contributed by atoms with Crippen LogP contribution in [0.15, 0.2) is 60.7 Å². The molecular formula is C25H19FN2O4. The van der Waals surface area contributed by atoms with Crippen molar-refractivity contribution in [2.75, 3.05) is 23.0 Å². The second kappa shape index (κ2) is 7.60. The van der Waals surface area contributed by atoms with Gasteiger partial charge in [0.15, 0.2) is 0 Å². The molecule has 0 atom stereocenters. The fraction of sp³-hybridized carbons (Fsp3) is 0.160. The molecule has 6 nitrogen and oxygen atoms in total. The third-order valence-corrected chi connectivity index (χ3v) is 5.72. The summed E-state index contributed by atoms with van der Waals surface area (Å²) in [7, 11) is 0. The Morgan fingerprint density at radius 1 is 0.969 bits per heavy atom. The first-order valence-corrected chi connectivity index (χ1v) is 10.3. The van der Waals surface area contributed by atoms with Crippen LogP contribution in [0.1, 0.15) is 43.6 Å². The van der Waals surface area contributed by atoms with Crippen LogP contribution in [0.2, 0.25) is 0 Å². The molecule has 2 aliphatic heterocycles. The number of hydrogen-bond donors (Lipinski definition) is 0. The Balaban J connectivity index is 1.44. The van der Waals surface area contributed by atoms with E-state index in [0.29, 0.717) is 42.3 Å². The zero-order valence-corrected chi connectivity index (χ0v) is 17.3. The lowest BCUT2D eigenvalue weighted by Crippen LogP contribution is -2.29. The van der Waals surface area contributed by atoms with Gasteiger partial charge in [-0.15, -0.1) is 0 Å². The highest BCUT2D eigenvalue weighted by Gasteiger charge is 2.37. The summed E-state index contributed by atoms with van der Waals surface area (Å²) in [6.45, 7) is 2.81. The van der Waals surface area contributed by atoms with E-state index in [1.807, 2.05) is 6.92 Å². The molecule has 0 aliphatic carbocycles. The molecule has 0 unspecified atom stereocenters. The number of rotatable bonds is 4.